The highest BCUT2D eigenvalue weighted by Crippen LogP contribution is 2.28. The molecule has 0 spiro atoms. The molecule has 0 atom stereocenters. The summed E-state index contributed by atoms with van der Waals surface area (Å²) < 4.78 is 0. The molecule has 4 rings (SSSR count). The lowest BCUT2D eigenvalue weighted by atomic mass is 10.2. The molecule has 0 saturated carbocycles. The van der Waals surface area contributed by atoms with Crippen molar-refractivity contribution in [2.24, 2.45) is 0 Å². The molecule has 0 aliphatic heterocycles. The van der Waals surface area contributed by atoms with E-state index in [9.17, 15) is 4.79 Å². The van der Waals surface area contributed by atoms with Crippen LogP contribution in [0.25, 0.3) is 22.2 Å². The van der Waals surface area contributed by atoms with Crippen LogP contribution in [0.2, 0.25) is 5.02 Å². The molecule has 2 heterocycles. The topological polar surface area (TPSA) is 54.9 Å². The minimum absolute atomic E-state index is 0.0926. The molecular weight excluding hydrogens is 398 g/mol. The van der Waals surface area contributed by atoms with Crippen LogP contribution in [0.5, 0.6) is 0 Å². The number of nitrogens with one attached hydrogen (secondary N) is 1. The maximum absolute atomic E-state index is 12.3. The summed E-state index contributed by atoms with van der Waals surface area (Å²) in [5, 5.41) is 7.11. The number of halogens is 1. The Balaban J connectivity index is 1.40. The van der Waals surface area contributed by atoms with Gasteiger partial charge in [0.1, 0.15) is 0 Å². The second-order valence-electron chi connectivity index (χ2n) is 5.71. The van der Waals surface area contributed by atoms with Gasteiger partial charge >= 0.3 is 0 Å². The van der Waals surface area contributed by atoms with Gasteiger partial charge < -0.3 is 5.32 Å². The standard InChI is InChI=1S/C20H14ClN3OS2/c21-15-8-6-13(7-9-15)16-11-27-20(23-16)24-18(25)12-26-17-5-1-3-14-4-2-10-22-19(14)17/h1-11H,12H2,(H,23,24,25). The zero-order valence-electron chi connectivity index (χ0n) is 14.1. The van der Waals surface area contributed by atoms with Crippen molar-refractivity contribution in [2.45, 2.75) is 4.90 Å². The van der Waals surface area contributed by atoms with Gasteiger partial charge in [0.2, 0.25) is 5.91 Å². The zero-order valence-corrected chi connectivity index (χ0v) is 16.4. The fraction of sp³-hybridized carbons (Fsp3) is 0.0500. The average molecular weight is 412 g/mol. The first-order valence-electron chi connectivity index (χ1n) is 8.17. The van der Waals surface area contributed by atoms with Crippen molar-refractivity contribution in [3.8, 4) is 11.3 Å². The maximum atomic E-state index is 12.3. The van der Waals surface area contributed by atoms with Crippen LogP contribution in [0.1, 0.15) is 0 Å². The number of benzene rings is 2. The van der Waals surface area contributed by atoms with Crippen molar-refractivity contribution in [1.82, 2.24) is 9.97 Å². The SMILES string of the molecule is O=C(CSc1cccc2cccnc12)Nc1nc(-c2ccc(Cl)cc2)cs1. The summed E-state index contributed by atoms with van der Waals surface area (Å²) in [5.41, 5.74) is 2.70. The van der Waals surface area contributed by atoms with Gasteiger partial charge in [-0.15, -0.1) is 23.1 Å². The number of amides is 1. The summed E-state index contributed by atoms with van der Waals surface area (Å²) in [4.78, 5) is 22.2. The fourth-order valence-corrected chi connectivity index (χ4v) is 4.28. The van der Waals surface area contributed by atoms with Gasteiger partial charge in [0.15, 0.2) is 5.13 Å². The quantitative estimate of drug-likeness (QED) is 0.425. The van der Waals surface area contributed by atoms with Crippen LogP contribution < -0.4 is 5.32 Å². The van der Waals surface area contributed by atoms with E-state index in [1.807, 2.05) is 60.0 Å². The molecule has 4 nitrogen and oxygen atoms in total. The molecule has 2 aromatic heterocycles. The molecular formula is C20H14ClN3OS2. The van der Waals surface area contributed by atoms with Crippen molar-refractivity contribution in [3.63, 3.8) is 0 Å². The summed E-state index contributed by atoms with van der Waals surface area (Å²) in [6.45, 7) is 0. The fourth-order valence-electron chi connectivity index (χ4n) is 2.58. The molecule has 0 aliphatic carbocycles. The minimum atomic E-state index is -0.0926. The van der Waals surface area contributed by atoms with Gasteiger partial charge in [0.05, 0.1) is 17.0 Å². The number of hydrogen-bond acceptors (Lipinski definition) is 5. The molecule has 7 heteroatoms. The van der Waals surface area contributed by atoms with Crippen LogP contribution in [0.15, 0.2) is 71.1 Å². The summed E-state index contributed by atoms with van der Waals surface area (Å²) in [6.07, 6.45) is 1.76. The Morgan fingerprint density at radius 2 is 1.93 bits per heavy atom. The molecule has 0 radical (unpaired) electrons. The van der Waals surface area contributed by atoms with Crippen LogP contribution in [-0.4, -0.2) is 21.6 Å². The Kier molecular flexibility index (Phi) is 5.38. The first-order chi connectivity index (χ1) is 13.2. The van der Waals surface area contributed by atoms with E-state index in [4.69, 9.17) is 11.6 Å². The van der Waals surface area contributed by atoms with Gasteiger partial charge in [-0.25, -0.2) is 4.98 Å². The summed E-state index contributed by atoms with van der Waals surface area (Å²) in [5.74, 6) is 0.205. The van der Waals surface area contributed by atoms with Crippen LogP contribution >= 0.6 is 34.7 Å². The maximum Gasteiger partial charge on any atom is 0.236 e. The third kappa shape index (κ3) is 4.30. The zero-order chi connectivity index (χ0) is 18.6. The van der Waals surface area contributed by atoms with Crippen LogP contribution in [-0.2, 0) is 4.79 Å². The van der Waals surface area contributed by atoms with Crippen molar-refractivity contribution in [2.75, 3.05) is 11.1 Å². The number of rotatable bonds is 5. The molecule has 0 aliphatic rings. The highest BCUT2D eigenvalue weighted by molar-refractivity contribution is 8.00. The van der Waals surface area contributed by atoms with E-state index in [0.717, 1.165) is 27.1 Å². The van der Waals surface area contributed by atoms with Gasteiger partial charge in [0.25, 0.3) is 0 Å². The van der Waals surface area contributed by atoms with Crippen molar-refractivity contribution < 1.29 is 4.79 Å². The summed E-state index contributed by atoms with van der Waals surface area (Å²) in [6, 6.07) is 17.4. The van der Waals surface area contributed by atoms with Crippen LogP contribution in [0, 0.1) is 0 Å². The van der Waals surface area contributed by atoms with Gasteiger partial charge in [-0.2, -0.15) is 0 Å². The van der Waals surface area contributed by atoms with E-state index >= 15 is 0 Å². The van der Waals surface area contributed by atoms with Gasteiger partial charge in [0, 0.05) is 32.4 Å². The third-order valence-electron chi connectivity index (χ3n) is 3.84. The number of anilines is 1. The molecule has 1 amide bonds. The second kappa shape index (κ2) is 8.08. The number of carbonyl (C=O) groups is 1. The van der Waals surface area contributed by atoms with E-state index in [1.54, 1.807) is 6.20 Å². The molecule has 27 heavy (non-hydrogen) atoms. The van der Waals surface area contributed by atoms with Gasteiger partial charge in [-0.1, -0.05) is 41.9 Å². The van der Waals surface area contributed by atoms with E-state index in [0.29, 0.717) is 15.9 Å². The molecule has 0 bridgehead atoms. The molecule has 0 saturated heterocycles. The molecule has 1 N–H and O–H groups in total. The number of pyridine rings is 1. The number of thioether (sulfide) groups is 1. The normalized spacial score (nSPS) is 10.9. The van der Waals surface area contributed by atoms with Gasteiger partial charge in [-0.3, -0.25) is 9.78 Å². The number of hydrogen-bond donors (Lipinski definition) is 1. The van der Waals surface area contributed by atoms with E-state index in [-0.39, 0.29) is 5.91 Å². The molecule has 4 aromatic rings. The Labute approximate surface area is 169 Å². The Bertz CT molecular complexity index is 1090. The molecule has 0 fully saturated rings. The monoisotopic (exact) mass is 411 g/mol. The lowest BCUT2D eigenvalue weighted by Crippen LogP contribution is -2.13. The molecule has 134 valence electrons. The van der Waals surface area contributed by atoms with E-state index in [2.05, 4.69) is 15.3 Å². The predicted octanol–water partition coefficient (Wildman–Crippen LogP) is 5.74. The number of thiazole rings is 1. The second-order valence-corrected chi connectivity index (χ2v) is 8.02. The van der Waals surface area contributed by atoms with E-state index < -0.39 is 0 Å². The Morgan fingerprint density at radius 3 is 2.78 bits per heavy atom. The average Bonchev–Trinajstić information content (AvgIpc) is 3.15. The smallest absolute Gasteiger partial charge is 0.236 e. The first-order valence-corrected chi connectivity index (χ1v) is 10.4. The Hall–Kier alpha value is -2.41. The number of nitrogens with zero attached hydrogens (tertiary/aromatic N) is 2. The van der Waals surface area contributed by atoms with E-state index in [1.165, 1.54) is 23.1 Å². The third-order valence-corrected chi connectivity index (χ3v) is 5.90. The highest BCUT2D eigenvalue weighted by atomic mass is 35.5. The number of carbonyl (C=O) groups excluding carboxylic acids is 1. The molecule has 2 aromatic carbocycles. The minimum Gasteiger partial charge on any atom is -0.301 e. The largest absolute Gasteiger partial charge is 0.301 e. The highest BCUT2D eigenvalue weighted by Gasteiger charge is 2.10. The van der Waals surface area contributed by atoms with Crippen molar-refractivity contribution in [3.05, 3.63) is 71.2 Å². The number of para-hydroxylation sites is 1. The first kappa shape index (κ1) is 18.0. The lowest BCUT2D eigenvalue weighted by molar-refractivity contribution is -0.113. The molecule has 0 unspecified atom stereocenters. The van der Waals surface area contributed by atoms with Crippen molar-refractivity contribution in [1.29, 1.82) is 0 Å². The van der Waals surface area contributed by atoms with Crippen LogP contribution in [0.3, 0.4) is 0 Å². The summed E-state index contributed by atoms with van der Waals surface area (Å²) >= 11 is 8.79. The number of fused-ring (bicyclic) bond motifs is 1. The lowest BCUT2D eigenvalue weighted by Gasteiger charge is -2.05. The summed E-state index contributed by atoms with van der Waals surface area (Å²) in [7, 11) is 0. The Morgan fingerprint density at radius 1 is 1.11 bits per heavy atom. The van der Waals surface area contributed by atoms with Crippen molar-refractivity contribution >= 4 is 56.6 Å². The predicted molar refractivity (Wildman–Crippen MR) is 114 cm³/mol. The van der Waals surface area contributed by atoms with Gasteiger partial charge in [-0.05, 0) is 24.3 Å². The van der Waals surface area contributed by atoms with Crippen LogP contribution in [0.4, 0.5) is 5.13 Å². The number of aromatic nitrogens is 2.